The number of aromatic amines is 1. The van der Waals surface area contributed by atoms with Gasteiger partial charge in [0.2, 0.25) is 0 Å². The summed E-state index contributed by atoms with van der Waals surface area (Å²) < 4.78 is 54.0. The van der Waals surface area contributed by atoms with Crippen molar-refractivity contribution < 1.29 is 22.4 Å². The molecule has 1 aromatic heterocycles. The maximum absolute atomic E-state index is 13.6. The number of fused-ring (bicyclic) bond motifs is 1. The second-order valence-corrected chi connectivity index (χ2v) is 5.22. The molecule has 2 N–H and O–H groups in total. The van der Waals surface area contributed by atoms with Crippen molar-refractivity contribution in [3.05, 3.63) is 69.6 Å². The number of nitrogens with one attached hydrogen (secondary N) is 2. The van der Waals surface area contributed by atoms with Gasteiger partial charge >= 0.3 is 5.69 Å². The molecule has 0 radical (unpaired) electrons. The van der Waals surface area contributed by atoms with E-state index in [4.69, 9.17) is 0 Å². The Balaban J connectivity index is 1.73. The lowest BCUT2D eigenvalue weighted by atomic mass is 10.2. The van der Waals surface area contributed by atoms with Crippen molar-refractivity contribution >= 4 is 16.9 Å². The third-order valence-corrected chi connectivity index (χ3v) is 3.64. The van der Waals surface area contributed by atoms with Crippen molar-refractivity contribution in [3.8, 4) is 0 Å². The first-order valence-corrected chi connectivity index (χ1v) is 7.18. The Morgan fingerprint density at radius 2 is 1.84 bits per heavy atom. The number of imidazole rings is 1. The number of amides is 1. The fourth-order valence-corrected chi connectivity index (χ4v) is 2.44. The van der Waals surface area contributed by atoms with Crippen LogP contribution in [0.4, 0.5) is 17.6 Å². The normalized spacial score (nSPS) is 11.0. The number of hydrogen-bond donors (Lipinski definition) is 2. The molecule has 0 spiro atoms. The quantitative estimate of drug-likeness (QED) is 0.558. The lowest BCUT2D eigenvalue weighted by Gasteiger charge is -2.08. The molecule has 9 heteroatoms. The van der Waals surface area contributed by atoms with Crippen LogP contribution in [0.2, 0.25) is 0 Å². The predicted octanol–water partition coefficient (Wildman–Crippen LogP) is 2.32. The molecule has 1 heterocycles. The molecule has 0 bridgehead atoms. The van der Waals surface area contributed by atoms with E-state index in [1.807, 2.05) is 0 Å². The first-order valence-electron chi connectivity index (χ1n) is 7.18. The first-order chi connectivity index (χ1) is 11.9. The molecule has 0 saturated carbocycles. The smallest absolute Gasteiger partial charge is 0.326 e. The minimum atomic E-state index is -1.73. The summed E-state index contributed by atoms with van der Waals surface area (Å²) in [6.45, 7) is -0.0665. The molecule has 0 unspecified atom stereocenters. The van der Waals surface area contributed by atoms with Crippen molar-refractivity contribution in [2.75, 3.05) is 6.54 Å². The summed E-state index contributed by atoms with van der Waals surface area (Å²) in [6.07, 6.45) is 0. The molecule has 1 amide bonds. The largest absolute Gasteiger partial charge is 0.350 e. The van der Waals surface area contributed by atoms with Crippen molar-refractivity contribution in [2.45, 2.75) is 6.54 Å². The molecule has 0 aliphatic carbocycles. The van der Waals surface area contributed by atoms with Crippen LogP contribution in [0.3, 0.4) is 0 Å². The zero-order valence-corrected chi connectivity index (χ0v) is 12.6. The monoisotopic (exact) mass is 353 g/mol. The van der Waals surface area contributed by atoms with Gasteiger partial charge in [-0.1, -0.05) is 0 Å². The molecule has 0 saturated heterocycles. The van der Waals surface area contributed by atoms with E-state index in [-0.39, 0.29) is 13.1 Å². The molecule has 3 rings (SSSR count). The number of nitrogens with zero attached hydrogens (tertiary/aromatic N) is 1. The van der Waals surface area contributed by atoms with Crippen LogP contribution in [-0.2, 0) is 6.54 Å². The third kappa shape index (κ3) is 3.12. The van der Waals surface area contributed by atoms with Gasteiger partial charge in [-0.15, -0.1) is 0 Å². The second-order valence-electron chi connectivity index (χ2n) is 5.22. The van der Waals surface area contributed by atoms with E-state index >= 15 is 0 Å². The fourth-order valence-electron chi connectivity index (χ4n) is 2.44. The van der Waals surface area contributed by atoms with E-state index in [1.165, 1.54) is 16.7 Å². The van der Waals surface area contributed by atoms with Crippen LogP contribution in [0, 0.1) is 23.3 Å². The van der Waals surface area contributed by atoms with Crippen LogP contribution in [0.15, 0.2) is 35.1 Å². The van der Waals surface area contributed by atoms with Gasteiger partial charge in [0, 0.05) is 13.1 Å². The highest BCUT2D eigenvalue weighted by Crippen LogP contribution is 2.15. The number of benzene rings is 2. The van der Waals surface area contributed by atoms with E-state index in [0.29, 0.717) is 17.1 Å². The summed E-state index contributed by atoms with van der Waals surface area (Å²) >= 11 is 0. The van der Waals surface area contributed by atoms with E-state index < -0.39 is 40.4 Å². The molecule has 0 atom stereocenters. The molecule has 0 fully saturated rings. The van der Waals surface area contributed by atoms with Crippen molar-refractivity contribution in [2.24, 2.45) is 0 Å². The summed E-state index contributed by atoms with van der Waals surface area (Å²) in [5.41, 5.74) is -0.427. The summed E-state index contributed by atoms with van der Waals surface area (Å²) in [7, 11) is 0. The van der Waals surface area contributed by atoms with Gasteiger partial charge in [0.1, 0.15) is 5.82 Å². The van der Waals surface area contributed by atoms with Gasteiger partial charge in [0.25, 0.3) is 5.91 Å². The molecule has 130 valence electrons. The van der Waals surface area contributed by atoms with Gasteiger partial charge < -0.3 is 10.3 Å². The molecule has 5 nitrogen and oxygen atoms in total. The van der Waals surface area contributed by atoms with Crippen LogP contribution in [0.1, 0.15) is 10.4 Å². The summed E-state index contributed by atoms with van der Waals surface area (Å²) in [6, 6.07) is 5.21. The van der Waals surface area contributed by atoms with Crippen molar-refractivity contribution in [1.82, 2.24) is 14.9 Å². The van der Waals surface area contributed by atoms with Crippen LogP contribution >= 0.6 is 0 Å². The highest BCUT2D eigenvalue weighted by atomic mass is 19.2. The van der Waals surface area contributed by atoms with E-state index in [9.17, 15) is 27.2 Å². The predicted molar refractivity (Wildman–Crippen MR) is 81.2 cm³/mol. The van der Waals surface area contributed by atoms with Gasteiger partial charge in [0.05, 0.1) is 16.6 Å². The van der Waals surface area contributed by atoms with Crippen molar-refractivity contribution in [3.63, 3.8) is 0 Å². The number of aromatic nitrogens is 2. The number of rotatable bonds is 4. The highest BCUT2D eigenvalue weighted by molar-refractivity contribution is 5.94. The van der Waals surface area contributed by atoms with E-state index in [2.05, 4.69) is 10.3 Å². The molecule has 0 aliphatic rings. The molecule has 3 aromatic rings. The third-order valence-electron chi connectivity index (χ3n) is 3.64. The van der Waals surface area contributed by atoms with Gasteiger partial charge in [-0.2, -0.15) is 0 Å². The van der Waals surface area contributed by atoms with Crippen LogP contribution in [0.25, 0.3) is 11.0 Å². The van der Waals surface area contributed by atoms with E-state index in [0.717, 1.165) is 12.1 Å². The summed E-state index contributed by atoms with van der Waals surface area (Å²) in [5, 5.41) is 2.31. The number of carbonyl (C=O) groups excluding carboxylic acids is 1. The van der Waals surface area contributed by atoms with Gasteiger partial charge in [0.15, 0.2) is 17.5 Å². The van der Waals surface area contributed by atoms with Crippen LogP contribution < -0.4 is 11.0 Å². The minimum Gasteiger partial charge on any atom is -0.350 e. The Bertz CT molecular complexity index is 1030. The van der Waals surface area contributed by atoms with Crippen molar-refractivity contribution in [1.29, 1.82) is 0 Å². The Labute approximate surface area is 137 Å². The highest BCUT2D eigenvalue weighted by Gasteiger charge is 2.18. The minimum absolute atomic E-state index is 0.0154. The second kappa shape index (κ2) is 6.42. The average molecular weight is 353 g/mol. The number of hydrogen-bond acceptors (Lipinski definition) is 2. The lowest BCUT2D eigenvalue weighted by Crippen LogP contribution is -2.30. The number of H-pyrrole nitrogens is 1. The zero-order chi connectivity index (χ0) is 18.1. The standard InChI is InChI=1S/C16H11F4N3O2/c17-8-1-4-12-11(7-8)22-16(25)23(12)6-5-21-15(24)9-2-3-10(18)14(20)13(9)19/h1-4,7H,5-6H2,(H,21,24)(H,22,25). The van der Waals surface area contributed by atoms with Gasteiger partial charge in [-0.05, 0) is 30.3 Å². The maximum Gasteiger partial charge on any atom is 0.326 e. The van der Waals surface area contributed by atoms with Gasteiger partial charge in [-0.25, -0.2) is 22.4 Å². The lowest BCUT2D eigenvalue weighted by molar-refractivity contribution is 0.0947. The first kappa shape index (κ1) is 16.7. The molecule has 0 aliphatic heterocycles. The maximum atomic E-state index is 13.6. The fraction of sp³-hybridized carbons (Fsp3) is 0.125. The summed E-state index contributed by atoms with van der Waals surface area (Å²) in [4.78, 5) is 26.2. The molecule has 2 aromatic carbocycles. The molecular formula is C16H11F4N3O2. The topological polar surface area (TPSA) is 66.9 Å². The number of halogens is 4. The number of carbonyl (C=O) groups is 1. The van der Waals surface area contributed by atoms with Crippen LogP contribution in [0.5, 0.6) is 0 Å². The summed E-state index contributed by atoms with van der Waals surface area (Å²) in [5.74, 6) is -6.18. The SMILES string of the molecule is O=C(NCCn1c(=O)[nH]c2cc(F)ccc21)c1ccc(F)c(F)c1F. The molecule has 25 heavy (non-hydrogen) atoms. The Kier molecular flexibility index (Phi) is 4.30. The Hall–Kier alpha value is -3.10. The van der Waals surface area contributed by atoms with E-state index in [1.54, 1.807) is 0 Å². The average Bonchev–Trinajstić information content (AvgIpc) is 2.87. The van der Waals surface area contributed by atoms with Gasteiger partial charge in [-0.3, -0.25) is 9.36 Å². The zero-order valence-electron chi connectivity index (χ0n) is 12.6. The molecular weight excluding hydrogens is 342 g/mol. The Morgan fingerprint density at radius 1 is 1.08 bits per heavy atom. The Morgan fingerprint density at radius 3 is 2.60 bits per heavy atom. The van der Waals surface area contributed by atoms with Crippen LogP contribution in [-0.4, -0.2) is 22.0 Å².